The van der Waals surface area contributed by atoms with Crippen molar-refractivity contribution in [2.24, 2.45) is 7.05 Å². The molecule has 1 aliphatic heterocycles. The van der Waals surface area contributed by atoms with Gasteiger partial charge in [0.25, 0.3) is 5.56 Å². The second-order valence-electron chi connectivity index (χ2n) is 6.01. The molecule has 2 heterocycles. The van der Waals surface area contributed by atoms with Gasteiger partial charge in [-0.2, -0.15) is 0 Å². The van der Waals surface area contributed by atoms with E-state index in [9.17, 15) is 9.18 Å². The van der Waals surface area contributed by atoms with Crippen LogP contribution in [-0.4, -0.2) is 39.7 Å². The highest BCUT2D eigenvalue weighted by atomic mass is 19.1. The summed E-state index contributed by atoms with van der Waals surface area (Å²) >= 11 is 0. The summed E-state index contributed by atoms with van der Waals surface area (Å²) in [5.74, 6) is -0.349. The Morgan fingerprint density at radius 2 is 2.00 bits per heavy atom. The first-order valence-corrected chi connectivity index (χ1v) is 7.47. The lowest BCUT2D eigenvalue weighted by Crippen LogP contribution is -2.45. The molecule has 0 N–H and O–H groups in total. The first-order valence-electron chi connectivity index (χ1n) is 7.47. The fraction of sp³-hybridized carbons (Fsp3) is 0.500. The van der Waals surface area contributed by atoms with Gasteiger partial charge in [-0.25, -0.2) is 9.37 Å². The molecular formula is C16H20FN3O2. The zero-order chi connectivity index (χ0) is 15.9. The summed E-state index contributed by atoms with van der Waals surface area (Å²) in [6.07, 6.45) is 0.260. The molecule has 1 fully saturated rings. The largest absolute Gasteiger partial charge is 0.373 e. The number of hydrogen-bond acceptors (Lipinski definition) is 4. The van der Waals surface area contributed by atoms with Gasteiger partial charge in [-0.3, -0.25) is 9.69 Å². The second-order valence-corrected chi connectivity index (χ2v) is 6.01. The fourth-order valence-electron chi connectivity index (χ4n) is 3.09. The maximum absolute atomic E-state index is 13.4. The lowest BCUT2D eigenvalue weighted by molar-refractivity contribution is -0.0708. The van der Waals surface area contributed by atoms with Crippen molar-refractivity contribution >= 4 is 11.0 Å². The molecule has 0 saturated carbocycles. The van der Waals surface area contributed by atoms with Crippen LogP contribution in [0.15, 0.2) is 23.0 Å². The zero-order valence-corrected chi connectivity index (χ0v) is 13.0. The normalized spacial score (nSPS) is 23.1. The Balaban J connectivity index is 1.96. The fourth-order valence-corrected chi connectivity index (χ4v) is 3.09. The van der Waals surface area contributed by atoms with Gasteiger partial charge in [-0.15, -0.1) is 0 Å². The summed E-state index contributed by atoms with van der Waals surface area (Å²) in [5, 5.41) is 0. The van der Waals surface area contributed by atoms with E-state index in [1.165, 1.54) is 16.7 Å². The van der Waals surface area contributed by atoms with Crippen molar-refractivity contribution in [3.63, 3.8) is 0 Å². The van der Waals surface area contributed by atoms with E-state index in [-0.39, 0.29) is 23.6 Å². The Bertz CT molecular complexity index is 749. The smallest absolute Gasteiger partial charge is 0.273 e. The number of fused-ring (bicyclic) bond motifs is 1. The molecule has 0 aliphatic carbocycles. The maximum atomic E-state index is 13.4. The van der Waals surface area contributed by atoms with Crippen LogP contribution in [0.2, 0.25) is 0 Å². The van der Waals surface area contributed by atoms with Crippen molar-refractivity contribution in [2.45, 2.75) is 32.6 Å². The molecule has 0 spiro atoms. The third-order valence-corrected chi connectivity index (χ3v) is 3.97. The lowest BCUT2D eigenvalue weighted by atomic mass is 10.2. The average molecular weight is 305 g/mol. The molecule has 0 radical (unpaired) electrons. The van der Waals surface area contributed by atoms with Crippen LogP contribution in [-0.2, 0) is 18.3 Å². The number of rotatable bonds is 2. The molecule has 5 nitrogen and oxygen atoms in total. The summed E-state index contributed by atoms with van der Waals surface area (Å²) in [7, 11) is 1.69. The predicted molar refractivity (Wildman–Crippen MR) is 82.2 cm³/mol. The standard InChI is InChI=1S/C16H20FN3O2/c1-10-7-20(8-11(2)22-10)9-14-16(21)19(3)15-5-4-12(17)6-13(15)18-14/h4-6,10-11H,7-9H2,1-3H3. The number of ether oxygens (including phenoxy) is 1. The summed E-state index contributed by atoms with van der Waals surface area (Å²) in [4.78, 5) is 19.0. The van der Waals surface area contributed by atoms with Crippen LogP contribution in [0.25, 0.3) is 11.0 Å². The van der Waals surface area contributed by atoms with Gasteiger partial charge in [0.2, 0.25) is 0 Å². The highest BCUT2D eigenvalue weighted by Crippen LogP contribution is 2.15. The topological polar surface area (TPSA) is 47.4 Å². The first kappa shape index (κ1) is 15.1. The molecule has 1 aromatic carbocycles. The number of aryl methyl sites for hydroxylation is 1. The van der Waals surface area contributed by atoms with Crippen molar-refractivity contribution in [1.82, 2.24) is 14.5 Å². The van der Waals surface area contributed by atoms with E-state index in [0.29, 0.717) is 23.3 Å². The van der Waals surface area contributed by atoms with Gasteiger partial charge in [0.1, 0.15) is 11.5 Å². The molecule has 1 aromatic heterocycles. The molecule has 22 heavy (non-hydrogen) atoms. The summed E-state index contributed by atoms with van der Waals surface area (Å²) in [5.41, 5.74) is 1.46. The molecule has 1 saturated heterocycles. The highest BCUT2D eigenvalue weighted by molar-refractivity contribution is 5.74. The SMILES string of the molecule is CC1CN(Cc2nc3cc(F)ccc3n(C)c2=O)CC(C)O1. The Morgan fingerprint density at radius 3 is 2.68 bits per heavy atom. The molecular weight excluding hydrogens is 285 g/mol. The lowest BCUT2D eigenvalue weighted by Gasteiger charge is -2.34. The van der Waals surface area contributed by atoms with Crippen LogP contribution in [0.3, 0.4) is 0 Å². The number of nitrogens with zero attached hydrogens (tertiary/aromatic N) is 3. The Labute approximate surface area is 128 Å². The van der Waals surface area contributed by atoms with Crippen molar-refractivity contribution in [3.05, 3.63) is 40.1 Å². The van der Waals surface area contributed by atoms with E-state index in [2.05, 4.69) is 9.88 Å². The van der Waals surface area contributed by atoms with Crippen LogP contribution in [0.5, 0.6) is 0 Å². The molecule has 0 amide bonds. The third kappa shape index (κ3) is 2.89. The van der Waals surface area contributed by atoms with Gasteiger partial charge in [0, 0.05) is 32.7 Å². The van der Waals surface area contributed by atoms with E-state index < -0.39 is 0 Å². The number of halogens is 1. The molecule has 2 aromatic rings. The molecule has 1 aliphatic rings. The number of hydrogen-bond donors (Lipinski definition) is 0. The van der Waals surface area contributed by atoms with Crippen molar-refractivity contribution in [1.29, 1.82) is 0 Å². The van der Waals surface area contributed by atoms with Crippen LogP contribution in [0, 0.1) is 5.82 Å². The van der Waals surface area contributed by atoms with Crippen molar-refractivity contribution in [2.75, 3.05) is 13.1 Å². The quantitative estimate of drug-likeness (QED) is 0.847. The van der Waals surface area contributed by atoms with Gasteiger partial charge in [0.05, 0.1) is 23.2 Å². The first-order chi connectivity index (χ1) is 10.4. The van der Waals surface area contributed by atoms with Gasteiger partial charge in [-0.1, -0.05) is 0 Å². The number of morpholine rings is 1. The minimum Gasteiger partial charge on any atom is -0.373 e. The van der Waals surface area contributed by atoms with Crippen molar-refractivity contribution < 1.29 is 9.13 Å². The minimum absolute atomic E-state index is 0.130. The molecule has 6 heteroatoms. The predicted octanol–water partition coefficient (Wildman–Crippen LogP) is 1.68. The van der Waals surface area contributed by atoms with E-state index in [0.717, 1.165) is 13.1 Å². The van der Waals surface area contributed by atoms with Crippen LogP contribution in [0.1, 0.15) is 19.5 Å². The average Bonchev–Trinajstić information content (AvgIpc) is 2.43. The summed E-state index contributed by atoms with van der Waals surface area (Å²) < 4.78 is 20.6. The Kier molecular flexibility index (Phi) is 3.97. The van der Waals surface area contributed by atoms with E-state index >= 15 is 0 Å². The molecule has 118 valence electrons. The van der Waals surface area contributed by atoms with Gasteiger partial charge >= 0.3 is 0 Å². The molecule has 2 unspecified atom stereocenters. The third-order valence-electron chi connectivity index (χ3n) is 3.97. The van der Waals surface area contributed by atoms with Crippen LogP contribution >= 0.6 is 0 Å². The molecule has 2 atom stereocenters. The van der Waals surface area contributed by atoms with Crippen molar-refractivity contribution in [3.8, 4) is 0 Å². The van der Waals surface area contributed by atoms with Gasteiger partial charge in [-0.05, 0) is 26.0 Å². The number of aromatic nitrogens is 2. The maximum Gasteiger partial charge on any atom is 0.273 e. The molecule has 3 rings (SSSR count). The summed E-state index contributed by atoms with van der Waals surface area (Å²) in [6, 6.07) is 4.29. The monoisotopic (exact) mass is 305 g/mol. The summed E-state index contributed by atoms with van der Waals surface area (Å²) in [6.45, 7) is 6.01. The Hall–Kier alpha value is -1.79. The van der Waals surface area contributed by atoms with E-state index in [1.807, 2.05) is 13.8 Å². The Morgan fingerprint density at radius 1 is 1.32 bits per heavy atom. The van der Waals surface area contributed by atoms with E-state index in [4.69, 9.17) is 4.74 Å². The van der Waals surface area contributed by atoms with Gasteiger partial charge < -0.3 is 9.30 Å². The van der Waals surface area contributed by atoms with Gasteiger partial charge in [0.15, 0.2) is 0 Å². The van der Waals surface area contributed by atoms with Crippen LogP contribution < -0.4 is 5.56 Å². The van der Waals surface area contributed by atoms with E-state index in [1.54, 1.807) is 13.1 Å². The minimum atomic E-state index is -0.349. The number of benzene rings is 1. The second kappa shape index (κ2) is 5.78. The van der Waals surface area contributed by atoms with Crippen LogP contribution in [0.4, 0.5) is 4.39 Å². The molecule has 0 bridgehead atoms. The highest BCUT2D eigenvalue weighted by Gasteiger charge is 2.23. The zero-order valence-electron chi connectivity index (χ0n) is 13.0.